The van der Waals surface area contributed by atoms with E-state index in [2.05, 4.69) is 80.4 Å². The van der Waals surface area contributed by atoms with Crippen molar-refractivity contribution in [1.29, 1.82) is 0 Å². The number of rotatable bonds is 0. The Kier molecular flexibility index (Phi) is 4.73. The Morgan fingerprint density at radius 3 is 2.05 bits per heavy atom. The van der Waals surface area contributed by atoms with Gasteiger partial charge in [-0.3, -0.25) is 0 Å². The molecule has 4 rings (SSSR count). The van der Waals surface area contributed by atoms with Crippen LogP contribution in [0.15, 0.2) is 80.4 Å². The molecular weight excluding hydrogens is 408 g/mol. The summed E-state index contributed by atoms with van der Waals surface area (Å²) in [7, 11) is 0. The minimum Gasteiger partial charge on any atom is -0.152 e. The van der Waals surface area contributed by atoms with Gasteiger partial charge < -0.3 is 0 Å². The van der Waals surface area contributed by atoms with Crippen LogP contribution in [-0.2, 0) is 0 Å². The van der Waals surface area contributed by atoms with Crippen molar-refractivity contribution in [3.63, 3.8) is 0 Å². The van der Waals surface area contributed by atoms with E-state index in [-0.39, 0.29) is 0 Å². The van der Waals surface area contributed by atoms with E-state index in [0.717, 1.165) is 8.95 Å². The van der Waals surface area contributed by atoms with Crippen LogP contribution in [0.3, 0.4) is 0 Å². The number of fused-ring (bicyclic) bond motifs is 3. The molecule has 0 unspecified atom stereocenters. The highest BCUT2D eigenvalue weighted by Gasteiger charge is 2.06. The maximum Gasteiger partial charge on any atom is 0.0260 e. The van der Waals surface area contributed by atoms with Crippen molar-refractivity contribution in [2.24, 2.45) is 0 Å². The number of thiophene rings is 1. The van der Waals surface area contributed by atoms with Gasteiger partial charge in [-0.25, -0.2) is 0 Å². The molecule has 0 aliphatic heterocycles. The van der Waals surface area contributed by atoms with E-state index in [9.17, 15) is 0 Å². The Balaban J connectivity index is 0.000000225. The number of halogens is 2. The summed E-state index contributed by atoms with van der Waals surface area (Å²) >= 11 is 8.97. The van der Waals surface area contributed by atoms with E-state index in [0.29, 0.717) is 0 Å². The van der Waals surface area contributed by atoms with E-state index in [1.54, 1.807) is 11.3 Å². The van der Waals surface area contributed by atoms with Gasteiger partial charge in [0.15, 0.2) is 0 Å². The molecule has 0 saturated heterocycles. The molecule has 0 N–H and O–H groups in total. The molecule has 0 aliphatic rings. The van der Waals surface area contributed by atoms with Crippen LogP contribution in [0.1, 0.15) is 0 Å². The number of hydrogen-bond acceptors (Lipinski definition) is 1. The summed E-state index contributed by atoms with van der Waals surface area (Å²) in [6.07, 6.45) is 0. The Bertz CT molecular complexity index is 850. The Labute approximate surface area is 144 Å². The third-order valence-electron chi connectivity index (χ3n) is 3.21. The minimum absolute atomic E-state index is 1.15. The van der Waals surface area contributed by atoms with Crippen LogP contribution in [0.5, 0.6) is 0 Å². The SMILES string of the molecule is Brc1cc2cccc(Br)c2c2ccccc12.c1ccsc1. The Hall–Kier alpha value is -1.16. The first-order valence-electron chi connectivity index (χ1n) is 6.50. The molecule has 0 nitrogen and oxygen atoms in total. The molecule has 0 fully saturated rings. The quantitative estimate of drug-likeness (QED) is 0.263. The molecule has 3 aromatic carbocycles. The minimum atomic E-state index is 1.15. The lowest BCUT2D eigenvalue weighted by atomic mass is 10.0. The third kappa shape index (κ3) is 3.20. The predicted molar refractivity (Wildman–Crippen MR) is 101 cm³/mol. The first-order chi connectivity index (χ1) is 10.3. The normalized spacial score (nSPS) is 10.4. The second-order valence-electron chi connectivity index (χ2n) is 4.54. The average Bonchev–Trinajstić information content (AvgIpc) is 3.07. The van der Waals surface area contributed by atoms with Crippen LogP contribution in [0.25, 0.3) is 21.5 Å². The van der Waals surface area contributed by atoms with Gasteiger partial charge in [-0.2, -0.15) is 11.3 Å². The molecule has 1 heterocycles. The van der Waals surface area contributed by atoms with Crippen molar-refractivity contribution in [3.05, 3.63) is 80.4 Å². The van der Waals surface area contributed by atoms with E-state index in [1.165, 1.54) is 21.5 Å². The Morgan fingerprint density at radius 1 is 0.667 bits per heavy atom. The van der Waals surface area contributed by atoms with Crippen molar-refractivity contribution in [2.75, 3.05) is 0 Å². The van der Waals surface area contributed by atoms with Crippen molar-refractivity contribution in [3.8, 4) is 0 Å². The summed E-state index contributed by atoms with van der Waals surface area (Å²) in [6.45, 7) is 0. The summed E-state index contributed by atoms with van der Waals surface area (Å²) in [4.78, 5) is 0. The maximum absolute atomic E-state index is 3.63. The molecule has 0 bridgehead atoms. The maximum atomic E-state index is 3.63. The molecule has 3 heteroatoms. The predicted octanol–water partition coefficient (Wildman–Crippen LogP) is 7.27. The van der Waals surface area contributed by atoms with Gasteiger partial charge in [-0.15, -0.1) is 0 Å². The lowest BCUT2D eigenvalue weighted by molar-refractivity contribution is 1.71. The van der Waals surface area contributed by atoms with Gasteiger partial charge in [0.1, 0.15) is 0 Å². The lowest BCUT2D eigenvalue weighted by Crippen LogP contribution is -1.80. The lowest BCUT2D eigenvalue weighted by Gasteiger charge is -2.07. The van der Waals surface area contributed by atoms with Crippen LogP contribution < -0.4 is 0 Å². The van der Waals surface area contributed by atoms with Crippen LogP contribution in [0.2, 0.25) is 0 Å². The molecule has 0 aliphatic carbocycles. The van der Waals surface area contributed by atoms with Crippen LogP contribution >= 0.6 is 43.2 Å². The van der Waals surface area contributed by atoms with E-state index < -0.39 is 0 Å². The van der Waals surface area contributed by atoms with E-state index in [4.69, 9.17) is 0 Å². The van der Waals surface area contributed by atoms with Gasteiger partial charge >= 0.3 is 0 Å². The molecule has 4 aromatic rings. The van der Waals surface area contributed by atoms with Crippen molar-refractivity contribution >= 4 is 64.7 Å². The average molecular weight is 420 g/mol. The summed E-state index contributed by atoms with van der Waals surface area (Å²) < 4.78 is 2.29. The summed E-state index contributed by atoms with van der Waals surface area (Å²) in [5, 5.41) is 9.14. The molecule has 0 saturated carbocycles. The van der Waals surface area contributed by atoms with Gasteiger partial charge in [0.05, 0.1) is 0 Å². The monoisotopic (exact) mass is 418 g/mol. The first-order valence-corrected chi connectivity index (χ1v) is 9.03. The number of hydrogen-bond donors (Lipinski definition) is 0. The smallest absolute Gasteiger partial charge is 0.0260 e. The molecule has 0 amide bonds. The molecule has 1 aromatic heterocycles. The van der Waals surface area contributed by atoms with Crippen molar-refractivity contribution in [1.82, 2.24) is 0 Å². The van der Waals surface area contributed by atoms with Crippen molar-refractivity contribution in [2.45, 2.75) is 0 Å². The van der Waals surface area contributed by atoms with Crippen LogP contribution in [0.4, 0.5) is 0 Å². The molecular formula is C18H12Br2S. The van der Waals surface area contributed by atoms with Gasteiger partial charge in [-0.05, 0) is 39.1 Å². The molecule has 0 radical (unpaired) electrons. The summed E-state index contributed by atoms with van der Waals surface area (Å²) in [5.41, 5.74) is 0. The fourth-order valence-corrected chi connectivity index (χ4v) is 3.94. The molecule has 104 valence electrons. The Morgan fingerprint density at radius 2 is 1.38 bits per heavy atom. The molecule has 0 spiro atoms. The highest BCUT2D eigenvalue weighted by atomic mass is 79.9. The largest absolute Gasteiger partial charge is 0.152 e. The van der Waals surface area contributed by atoms with Gasteiger partial charge in [0.25, 0.3) is 0 Å². The summed E-state index contributed by atoms with van der Waals surface area (Å²) in [5.74, 6) is 0. The zero-order valence-corrected chi connectivity index (χ0v) is 15.1. The van der Waals surface area contributed by atoms with E-state index >= 15 is 0 Å². The van der Waals surface area contributed by atoms with Gasteiger partial charge in [-0.1, -0.05) is 80.4 Å². The van der Waals surface area contributed by atoms with Crippen LogP contribution in [0, 0.1) is 0 Å². The second kappa shape index (κ2) is 6.73. The molecule has 21 heavy (non-hydrogen) atoms. The second-order valence-corrected chi connectivity index (χ2v) is 7.06. The van der Waals surface area contributed by atoms with Gasteiger partial charge in [0.2, 0.25) is 0 Å². The van der Waals surface area contributed by atoms with Gasteiger partial charge in [0, 0.05) is 14.3 Å². The zero-order chi connectivity index (χ0) is 14.7. The van der Waals surface area contributed by atoms with E-state index in [1.807, 2.05) is 22.9 Å². The highest BCUT2D eigenvalue weighted by Crippen LogP contribution is 2.35. The first kappa shape index (κ1) is 14.8. The fourth-order valence-electron chi connectivity index (χ4n) is 2.30. The number of benzene rings is 3. The standard InChI is InChI=1S/C14H8Br2.C4H4S/c15-12-7-3-4-9-8-13(16)10-5-1-2-6-11(10)14(9)12;1-2-4-5-3-1/h1-8H;1-4H. The topological polar surface area (TPSA) is 0 Å². The summed E-state index contributed by atoms with van der Waals surface area (Å²) in [6, 6.07) is 20.9. The highest BCUT2D eigenvalue weighted by molar-refractivity contribution is 9.11. The fraction of sp³-hybridized carbons (Fsp3) is 0. The zero-order valence-electron chi connectivity index (χ0n) is 11.1. The van der Waals surface area contributed by atoms with Crippen LogP contribution in [-0.4, -0.2) is 0 Å². The van der Waals surface area contributed by atoms with Crippen molar-refractivity contribution < 1.29 is 0 Å². The molecule has 0 atom stereocenters. The third-order valence-corrected chi connectivity index (χ3v) is 5.15.